The summed E-state index contributed by atoms with van der Waals surface area (Å²) in [4.78, 5) is 22.5. The van der Waals surface area contributed by atoms with Gasteiger partial charge in [-0.3, -0.25) is 4.79 Å². The number of hydrogen-bond acceptors (Lipinski definition) is 3. The van der Waals surface area contributed by atoms with Crippen molar-refractivity contribution in [2.75, 3.05) is 6.54 Å². The Morgan fingerprint density at radius 2 is 2.00 bits per heavy atom. The fourth-order valence-corrected chi connectivity index (χ4v) is 1.37. The molecule has 0 spiro atoms. The summed E-state index contributed by atoms with van der Waals surface area (Å²) in [6, 6.07) is -1.68. The van der Waals surface area contributed by atoms with E-state index in [1.54, 1.807) is 0 Å². The van der Waals surface area contributed by atoms with Gasteiger partial charge in [0.15, 0.2) is 0 Å². The molecule has 68 valence electrons. The van der Waals surface area contributed by atoms with Crippen molar-refractivity contribution in [1.29, 1.82) is 0 Å². The van der Waals surface area contributed by atoms with Crippen molar-refractivity contribution in [2.45, 2.75) is 18.6 Å². The van der Waals surface area contributed by atoms with Crippen LogP contribution in [0.25, 0.3) is 0 Å². The molecule has 0 bridgehead atoms. The fraction of sp³-hybridized carbons (Fsp3) is 0.667. The number of hydrogen-bond donors (Lipinski definition) is 3. The van der Waals surface area contributed by atoms with Crippen LogP contribution < -0.4 is 11.5 Å². The molecule has 12 heavy (non-hydrogen) atoms. The highest BCUT2D eigenvalue weighted by Crippen LogP contribution is 2.16. The maximum Gasteiger partial charge on any atom is 0.315 e. The van der Waals surface area contributed by atoms with Crippen LogP contribution in [0.3, 0.4) is 0 Å². The lowest BCUT2D eigenvalue weighted by Crippen LogP contribution is -2.50. The number of rotatable bonds is 1. The van der Waals surface area contributed by atoms with Crippen molar-refractivity contribution in [3.63, 3.8) is 0 Å². The number of amides is 3. The van der Waals surface area contributed by atoms with Gasteiger partial charge in [-0.2, -0.15) is 0 Å². The number of aliphatic hydroxyl groups excluding tert-OH is 1. The van der Waals surface area contributed by atoms with E-state index in [0.717, 1.165) is 4.90 Å². The van der Waals surface area contributed by atoms with Crippen molar-refractivity contribution in [3.8, 4) is 0 Å². The van der Waals surface area contributed by atoms with Gasteiger partial charge in [0.25, 0.3) is 0 Å². The average molecular weight is 173 g/mol. The molecule has 0 aromatic heterocycles. The lowest BCUT2D eigenvalue weighted by Gasteiger charge is -2.20. The molecular weight excluding hydrogens is 162 g/mol. The first-order valence-corrected chi connectivity index (χ1v) is 3.57. The summed E-state index contributed by atoms with van der Waals surface area (Å²) in [5.74, 6) is -0.723. The van der Waals surface area contributed by atoms with Gasteiger partial charge in [-0.1, -0.05) is 0 Å². The molecule has 3 amide bonds. The SMILES string of the molecule is NC(=O)[C@H]1[C@@H](O)CCN1C(N)=O. The van der Waals surface area contributed by atoms with Crippen LogP contribution in [-0.2, 0) is 4.79 Å². The van der Waals surface area contributed by atoms with E-state index in [-0.39, 0.29) is 6.54 Å². The van der Waals surface area contributed by atoms with E-state index >= 15 is 0 Å². The first-order chi connectivity index (χ1) is 5.54. The van der Waals surface area contributed by atoms with Crippen LogP contribution in [0.4, 0.5) is 4.79 Å². The van der Waals surface area contributed by atoms with Crippen LogP contribution in [0.15, 0.2) is 0 Å². The van der Waals surface area contributed by atoms with Gasteiger partial charge in [0, 0.05) is 6.54 Å². The summed E-state index contributed by atoms with van der Waals surface area (Å²) in [7, 11) is 0. The summed E-state index contributed by atoms with van der Waals surface area (Å²) in [6.07, 6.45) is -0.536. The molecule has 6 nitrogen and oxygen atoms in total. The molecule has 0 unspecified atom stereocenters. The summed E-state index contributed by atoms with van der Waals surface area (Å²) >= 11 is 0. The van der Waals surface area contributed by atoms with E-state index in [1.165, 1.54) is 0 Å². The van der Waals surface area contributed by atoms with Crippen LogP contribution in [0.5, 0.6) is 0 Å². The van der Waals surface area contributed by atoms with Crippen LogP contribution in [0, 0.1) is 0 Å². The summed E-state index contributed by atoms with van der Waals surface area (Å²) in [5, 5.41) is 9.23. The van der Waals surface area contributed by atoms with E-state index in [4.69, 9.17) is 11.5 Å². The Labute approximate surface area is 69.1 Å². The molecule has 5 N–H and O–H groups in total. The highest BCUT2D eigenvalue weighted by Gasteiger charge is 2.38. The van der Waals surface area contributed by atoms with E-state index in [9.17, 15) is 14.7 Å². The molecule has 1 fully saturated rings. The third kappa shape index (κ3) is 1.33. The van der Waals surface area contributed by atoms with Gasteiger partial charge in [-0.25, -0.2) is 4.79 Å². The minimum Gasteiger partial charge on any atom is -0.390 e. The van der Waals surface area contributed by atoms with Gasteiger partial charge in [-0.15, -0.1) is 0 Å². The molecule has 1 saturated heterocycles. The van der Waals surface area contributed by atoms with E-state index < -0.39 is 24.1 Å². The van der Waals surface area contributed by atoms with Gasteiger partial charge in [0.05, 0.1) is 6.10 Å². The standard InChI is InChI=1S/C6H11N3O3/c7-5(11)4-3(10)1-2-9(4)6(8)12/h3-4,10H,1-2H2,(H2,7,11)(H2,8,12)/t3-,4+/m0/s1. The Hall–Kier alpha value is -1.30. The summed E-state index contributed by atoms with van der Waals surface area (Å²) < 4.78 is 0. The molecule has 1 heterocycles. The Morgan fingerprint density at radius 3 is 2.33 bits per heavy atom. The number of urea groups is 1. The van der Waals surface area contributed by atoms with Crippen molar-refractivity contribution in [2.24, 2.45) is 11.5 Å². The number of aliphatic hydroxyl groups is 1. The summed E-state index contributed by atoms with van der Waals surface area (Å²) in [6.45, 7) is 0.282. The number of nitrogens with two attached hydrogens (primary N) is 2. The van der Waals surface area contributed by atoms with Gasteiger partial charge in [0.1, 0.15) is 6.04 Å². The minimum atomic E-state index is -0.956. The van der Waals surface area contributed by atoms with Crippen molar-refractivity contribution in [3.05, 3.63) is 0 Å². The molecule has 0 aromatic rings. The van der Waals surface area contributed by atoms with Gasteiger partial charge < -0.3 is 21.5 Å². The third-order valence-electron chi connectivity index (χ3n) is 1.94. The summed E-state index contributed by atoms with van der Waals surface area (Å²) in [5.41, 5.74) is 9.92. The molecule has 6 heteroatoms. The zero-order valence-corrected chi connectivity index (χ0v) is 6.43. The Kier molecular flexibility index (Phi) is 2.18. The lowest BCUT2D eigenvalue weighted by atomic mass is 10.1. The molecule has 2 atom stereocenters. The van der Waals surface area contributed by atoms with Crippen LogP contribution >= 0.6 is 0 Å². The molecule has 0 saturated carbocycles. The molecule has 0 aliphatic carbocycles. The predicted molar refractivity (Wildman–Crippen MR) is 39.9 cm³/mol. The second kappa shape index (κ2) is 2.98. The zero-order valence-electron chi connectivity index (χ0n) is 6.43. The van der Waals surface area contributed by atoms with E-state index in [0.29, 0.717) is 6.42 Å². The Bertz CT molecular complexity index is 218. The van der Waals surface area contributed by atoms with Gasteiger partial charge in [-0.05, 0) is 6.42 Å². The van der Waals surface area contributed by atoms with E-state index in [2.05, 4.69) is 0 Å². The monoisotopic (exact) mass is 173 g/mol. The second-order valence-corrected chi connectivity index (χ2v) is 2.73. The smallest absolute Gasteiger partial charge is 0.315 e. The molecule has 0 aromatic carbocycles. The minimum absolute atomic E-state index is 0.282. The molecule has 1 aliphatic heterocycles. The van der Waals surface area contributed by atoms with Crippen LogP contribution in [0.1, 0.15) is 6.42 Å². The van der Waals surface area contributed by atoms with Crippen molar-refractivity contribution in [1.82, 2.24) is 4.90 Å². The van der Waals surface area contributed by atoms with Crippen LogP contribution in [0.2, 0.25) is 0 Å². The predicted octanol–water partition coefficient (Wildman–Crippen LogP) is -2.01. The number of carbonyl (C=O) groups excluding carboxylic acids is 2. The maximum absolute atomic E-state index is 10.7. The maximum atomic E-state index is 10.7. The van der Waals surface area contributed by atoms with Crippen LogP contribution in [-0.4, -0.2) is 40.6 Å². The molecular formula is C6H11N3O3. The average Bonchev–Trinajstić information content (AvgIpc) is 2.30. The highest BCUT2D eigenvalue weighted by molar-refractivity contribution is 5.86. The van der Waals surface area contributed by atoms with Gasteiger partial charge in [0.2, 0.25) is 5.91 Å². The van der Waals surface area contributed by atoms with Crippen molar-refractivity contribution >= 4 is 11.9 Å². The normalized spacial score (nSPS) is 28.9. The molecule has 0 radical (unpaired) electrons. The van der Waals surface area contributed by atoms with Gasteiger partial charge >= 0.3 is 6.03 Å². The lowest BCUT2D eigenvalue weighted by molar-refractivity contribution is -0.123. The fourth-order valence-electron chi connectivity index (χ4n) is 1.37. The molecule has 1 aliphatic rings. The molecule has 1 rings (SSSR count). The number of carbonyl (C=O) groups is 2. The number of nitrogens with zero attached hydrogens (tertiary/aromatic N) is 1. The third-order valence-corrected chi connectivity index (χ3v) is 1.94. The quantitative estimate of drug-likeness (QED) is 0.426. The number of likely N-dealkylation sites (tertiary alicyclic amines) is 1. The first kappa shape index (κ1) is 8.79. The zero-order chi connectivity index (χ0) is 9.30. The largest absolute Gasteiger partial charge is 0.390 e. The first-order valence-electron chi connectivity index (χ1n) is 3.57. The Morgan fingerprint density at radius 1 is 1.42 bits per heavy atom. The second-order valence-electron chi connectivity index (χ2n) is 2.73. The van der Waals surface area contributed by atoms with E-state index in [1.807, 2.05) is 0 Å². The Balaban J connectivity index is 2.77. The van der Waals surface area contributed by atoms with Crippen molar-refractivity contribution < 1.29 is 14.7 Å². The topological polar surface area (TPSA) is 110 Å². The highest BCUT2D eigenvalue weighted by atomic mass is 16.3. The number of primary amides is 2.